The van der Waals surface area contributed by atoms with Crippen LogP contribution >= 0.6 is 0 Å². The van der Waals surface area contributed by atoms with Gasteiger partial charge in [0.05, 0.1) is 13.1 Å². The minimum atomic E-state index is -1.14. The zero-order valence-electron chi connectivity index (χ0n) is 8.16. The van der Waals surface area contributed by atoms with Gasteiger partial charge in [0.2, 0.25) is 11.8 Å². The van der Waals surface area contributed by atoms with Crippen molar-refractivity contribution >= 4 is 17.6 Å². The molecule has 0 aliphatic rings. The molecule has 3 N–H and O–H groups in total. The van der Waals surface area contributed by atoms with Crippen LogP contribution in [0.3, 0.4) is 0 Å². The number of aliphatic hydroxyl groups excluding tert-OH is 1. The van der Waals surface area contributed by atoms with Crippen molar-refractivity contribution in [2.75, 3.05) is 13.1 Å². The molecule has 1 unspecified atom stereocenters. The Labute approximate surface area is 81.7 Å². The lowest BCUT2D eigenvalue weighted by Gasteiger charge is -2.06. The molecule has 0 aromatic rings. The molecule has 6 nitrogen and oxygen atoms in total. The van der Waals surface area contributed by atoms with Crippen LogP contribution in [-0.2, 0) is 14.4 Å². The number of aliphatic hydroxyl groups is 1. The molecule has 0 rings (SSSR count). The first-order valence-corrected chi connectivity index (χ1v) is 4.15. The van der Waals surface area contributed by atoms with Gasteiger partial charge >= 0.3 is 0 Å². The highest BCUT2D eigenvalue weighted by Crippen LogP contribution is 1.77. The fourth-order valence-electron chi connectivity index (χ4n) is 0.601. The number of Topliss-reactive ketones (excluding diaryl/α,β-unsaturated/α-hetero) is 1. The molecular formula is C8H14N2O4. The quantitative estimate of drug-likeness (QED) is 0.489. The van der Waals surface area contributed by atoms with Crippen molar-refractivity contribution < 1.29 is 19.5 Å². The van der Waals surface area contributed by atoms with Crippen LogP contribution < -0.4 is 10.6 Å². The summed E-state index contributed by atoms with van der Waals surface area (Å²) in [7, 11) is 0. The lowest BCUT2D eigenvalue weighted by Crippen LogP contribution is -2.41. The molecular weight excluding hydrogens is 188 g/mol. The van der Waals surface area contributed by atoms with E-state index in [9.17, 15) is 14.4 Å². The maximum Gasteiger partial charge on any atom is 0.248 e. The third-order valence-electron chi connectivity index (χ3n) is 1.34. The van der Waals surface area contributed by atoms with E-state index in [1.807, 2.05) is 0 Å². The summed E-state index contributed by atoms with van der Waals surface area (Å²) in [6, 6.07) is 0. The molecule has 1 atom stereocenters. The Kier molecular flexibility index (Phi) is 5.47. The molecule has 0 fully saturated rings. The molecule has 2 amide bonds. The smallest absolute Gasteiger partial charge is 0.248 e. The van der Waals surface area contributed by atoms with Gasteiger partial charge in [0, 0.05) is 0 Å². The molecule has 0 bridgehead atoms. The van der Waals surface area contributed by atoms with E-state index >= 15 is 0 Å². The Morgan fingerprint density at radius 3 is 2.21 bits per heavy atom. The van der Waals surface area contributed by atoms with Crippen LogP contribution in [-0.4, -0.2) is 41.9 Å². The number of ketones is 1. The summed E-state index contributed by atoms with van der Waals surface area (Å²) in [5.74, 6) is -1.25. The summed E-state index contributed by atoms with van der Waals surface area (Å²) in [4.78, 5) is 32.1. The first kappa shape index (κ1) is 12.6. The van der Waals surface area contributed by atoms with Gasteiger partial charge in [0.25, 0.3) is 0 Å². The number of carbonyl (C=O) groups excluding carboxylic acids is 3. The third-order valence-corrected chi connectivity index (χ3v) is 1.34. The Balaban J connectivity index is 3.64. The monoisotopic (exact) mass is 202 g/mol. The zero-order chi connectivity index (χ0) is 11.1. The standard InChI is InChI=1S/C8H14N2O4/c1-5(11)3-9-7(13)4-10-8(14)6(2)12/h6,12H,3-4H2,1-2H3,(H,9,13)(H,10,14). The number of nitrogens with one attached hydrogen (secondary N) is 2. The summed E-state index contributed by atoms with van der Waals surface area (Å²) in [5, 5.41) is 13.2. The number of amides is 2. The van der Waals surface area contributed by atoms with Crippen LogP contribution in [0, 0.1) is 0 Å². The van der Waals surface area contributed by atoms with Crippen molar-refractivity contribution in [2.24, 2.45) is 0 Å². The van der Waals surface area contributed by atoms with E-state index in [-0.39, 0.29) is 18.9 Å². The molecule has 14 heavy (non-hydrogen) atoms. The van der Waals surface area contributed by atoms with Crippen LogP contribution in [0.25, 0.3) is 0 Å². The highest BCUT2D eigenvalue weighted by atomic mass is 16.3. The third kappa shape index (κ3) is 6.13. The average Bonchev–Trinajstić information content (AvgIpc) is 2.10. The van der Waals surface area contributed by atoms with Crippen molar-refractivity contribution in [3.8, 4) is 0 Å². The van der Waals surface area contributed by atoms with Crippen LogP contribution in [0.15, 0.2) is 0 Å². The first-order chi connectivity index (χ1) is 6.43. The van der Waals surface area contributed by atoms with Crippen LogP contribution in [0.1, 0.15) is 13.8 Å². The molecule has 0 spiro atoms. The van der Waals surface area contributed by atoms with Gasteiger partial charge in [-0.2, -0.15) is 0 Å². The number of rotatable bonds is 5. The van der Waals surface area contributed by atoms with Gasteiger partial charge < -0.3 is 15.7 Å². The zero-order valence-corrected chi connectivity index (χ0v) is 8.16. The van der Waals surface area contributed by atoms with Gasteiger partial charge in [-0.25, -0.2) is 0 Å². The first-order valence-electron chi connectivity index (χ1n) is 4.15. The second-order valence-corrected chi connectivity index (χ2v) is 2.87. The average molecular weight is 202 g/mol. The molecule has 0 aromatic heterocycles. The van der Waals surface area contributed by atoms with Gasteiger partial charge in [-0.05, 0) is 13.8 Å². The SMILES string of the molecule is CC(=O)CNC(=O)CNC(=O)C(C)O. The highest BCUT2D eigenvalue weighted by Gasteiger charge is 2.09. The van der Waals surface area contributed by atoms with E-state index in [1.54, 1.807) is 0 Å². The van der Waals surface area contributed by atoms with Crippen molar-refractivity contribution in [3.63, 3.8) is 0 Å². The maximum absolute atomic E-state index is 10.9. The van der Waals surface area contributed by atoms with Gasteiger partial charge in [0.15, 0.2) is 0 Å². The molecule has 0 saturated heterocycles. The molecule has 0 aromatic carbocycles. The summed E-state index contributed by atoms with van der Waals surface area (Å²) in [6.45, 7) is 2.35. The largest absolute Gasteiger partial charge is 0.384 e. The second-order valence-electron chi connectivity index (χ2n) is 2.87. The molecule has 0 aliphatic carbocycles. The topological polar surface area (TPSA) is 95.5 Å². The Morgan fingerprint density at radius 1 is 1.21 bits per heavy atom. The van der Waals surface area contributed by atoms with Crippen LogP contribution in [0.2, 0.25) is 0 Å². The Morgan fingerprint density at radius 2 is 1.79 bits per heavy atom. The summed E-state index contributed by atoms with van der Waals surface area (Å²) < 4.78 is 0. The van der Waals surface area contributed by atoms with Gasteiger partial charge in [-0.15, -0.1) is 0 Å². The molecule has 0 heterocycles. The van der Waals surface area contributed by atoms with E-state index in [0.29, 0.717) is 0 Å². The molecule has 6 heteroatoms. The lowest BCUT2D eigenvalue weighted by atomic mass is 10.4. The van der Waals surface area contributed by atoms with E-state index in [4.69, 9.17) is 5.11 Å². The fraction of sp³-hybridized carbons (Fsp3) is 0.625. The predicted octanol–water partition coefficient (Wildman–Crippen LogP) is -1.81. The predicted molar refractivity (Wildman–Crippen MR) is 48.4 cm³/mol. The van der Waals surface area contributed by atoms with Crippen molar-refractivity contribution in [1.29, 1.82) is 0 Å². The molecule has 0 saturated carbocycles. The van der Waals surface area contributed by atoms with E-state index in [1.165, 1.54) is 13.8 Å². The second kappa shape index (κ2) is 6.09. The number of hydrogen-bond acceptors (Lipinski definition) is 4. The van der Waals surface area contributed by atoms with Crippen molar-refractivity contribution in [3.05, 3.63) is 0 Å². The molecule has 0 aliphatic heterocycles. The Bertz CT molecular complexity index is 237. The summed E-state index contributed by atoms with van der Waals surface area (Å²) >= 11 is 0. The van der Waals surface area contributed by atoms with Gasteiger partial charge in [-0.3, -0.25) is 14.4 Å². The van der Waals surface area contributed by atoms with Gasteiger partial charge in [-0.1, -0.05) is 0 Å². The Hall–Kier alpha value is -1.43. The van der Waals surface area contributed by atoms with Crippen molar-refractivity contribution in [2.45, 2.75) is 20.0 Å². The number of carbonyl (C=O) groups is 3. The minimum absolute atomic E-state index is 0.0522. The fourth-order valence-corrected chi connectivity index (χ4v) is 0.601. The van der Waals surface area contributed by atoms with E-state index in [2.05, 4.69) is 10.6 Å². The summed E-state index contributed by atoms with van der Waals surface area (Å²) in [6.07, 6.45) is -1.14. The normalized spacial score (nSPS) is 11.6. The minimum Gasteiger partial charge on any atom is -0.384 e. The van der Waals surface area contributed by atoms with Gasteiger partial charge in [0.1, 0.15) is 11.9 Å². The van der Waals surface area contributed by atoms with E-state index < -0.39 is 17.9 Å². The highest BCUT2D eigenvalue weighted by molar-refractivity contribution is 5.88. The molecule has 80 valence electrons. The van der Waals surface area contributed by atoms with E-state index in [0.717, 1.165) is 0 Å². The van der Waals surface area contributed by atoms with Crippen molar-refractivity contribution in [1.82, 2.24) is 10.6 Å². The van der Waals surface area contributed by atoms with Crippen LogP contribution in [0.4, 0.5) is 0 Å². The molecule has 0 radical (unpaired) electrons. The maximum atomic E-state index is 10.9. The van der Waals surface area contributed by atoms with Crippen LogP contribution in [0.5, 0.6) is 0 Å². The number of hydrogen-bond donors (Lipinski definition) is 3. The summed E-state index contributed by atoms with van der Waals surface area (Å²) in [5.41, 5.74) is 0. The lowest BCUT2D eigenvalue weighted by molar-refractivity contribution is -0.131.